The summed E-state index contributed by atoms with van der Waals surface area (Å²) in [5.41, 5.74) is 6.94. The molecule has 86 valence electrons. The smallest absolute Gasteiger partial charge is 0.0995 e. The van der Waals surface area contributed by atoms with Gasteiger partial charge in [-0.2, -0.15) is 0 Å². The fraction of sp³-hybridized carbons (Fsp3) is 0.111. The Balaban J connectivity index is 2.38. The normalized spacial score (nSPS) is 13.1. The van der Waals surface area contributed by atoms with Crippen LogP contribution in [0.3, 0.4) is 0 Å². The molecule has 2 N–H and O–H groups in total. The largest absolute Gasteiger partial charge is 0.320 e. The van der Waals surface area contributed by atoms with Crippen molar-refractivity contribution in [3.63, 3.8) is 0 Å². The molecule has 0 amide bonds. The maximum atomic E-state index is 6.11. The molecule has 0 aliphatic carbocycles. The van der Waals surface area contributed by atoms with Crippen molar-refractivity contribution in [3.8, 4) is 0 Å². The highest BCUT2D eigenvalue weighted by Gasteiger charge is 2.18. The van der Waals surface area contributed by atoms with Gasteiger partial charge in [0, 0.05) is 10.4 Å². The molecule has 2 heterocycles. The van der Waals surface area contributed by atoms with Gasteiger partial charge in [-0.3, -0.25) is 0 Å². The van der Waals surface area contributed by atoms with E-state index in [-0.39, 0.29) is 6.04 Å². The van der Waals surface area contributed by atoms with Crippen molar-refractivity contribution in [2.24, 2.45) is 5.73 Å². The van der Waals surface area contributed by atoms with Crippen LogP contribution in [-0.4, -0.2) is 0 Å². The third-order valence-corrected chi connectivity index (χ3v) is 6.06. The Morgan fingerprint density at radius 2 is 1.88 bits per heavy atom. The molecule has 0 bridgehead atoms. The summed E-state index contributed by atoms with van der Waals surface area (Å²) in [7, 11) is 0. The summed E-state index contributed by atoms with van der Waals surface area (Å²) in [4.78, 5) is 0.952. The molecule has 0 fully saturated rings. The van der Waals surface area contributed by atoms with E-state index in [1.807, 2.05) is 6.07 Å². The number of hydrogen-bond acceptors (Lipinski definition) is 3. The van der Waals surface area contributed by atoms with Crippen molar-refractivity contribution < 1.29 is 0 Å². The van der Waals surface area contributed by atoms with Crippen LogP contribution in [0.5, 0.6) is 0 Å². The summed E-state index contributed by atoms with van der Waals surface area (Å²) in [5.74, 6) is 0. The molecule has 0 aliphatic rings. The van der Waals surface area contributed by atoms with E-state index < -0.39 is 0 Å². The summed E-state index contributed by atoms with van der Waals surface area (Å²) >= 11 is 24.1. The van der Waals surface area contributed by atoms with Crippen molar-refractivity contribution in [2.75, 3.05) is 0 Å². The van der Waals surface area contributed by atoms with Crippen molar-refractivity contribution in [1.82, 2.24) is 0 Å². The molecular formula is C9H5BrCl3NS2. The van der Waals surface area contributed by atoms with Crippen molar-refractivity contribution in [2.45, 2.75) is 6.04 Å². The van der Waals surface area contributed by atoms with E-state index in [9.17, 15) is 0 Å². The van der Waals surface area contributed by atoms with Gasteiger partial charge in [-0.25, -0.2) is 0 Å². The monoisotopic (exact) mass is 375 g/mol. The highest BCUT2D eigenvalue weighted by Crippen LogP contribution is 2.41. The van der Waals surface area contributed by atoms with Crippen LogP contribution in [0.2, 0.25) is 13.7 Å². The van der Waals surface area contributed by atoms with Crippen LogP contribution in [0, 0.1) is 0 Å². The van der Waals surface area contributed by atoms with Crippen LogP contribution in [0.25, 0.3) is 0 Å². The first-order valence-corrected chi connectivity index (χ1v) is 7.70. The van der Waals surface area contributed by atoms with Gasteiger partial charge in [0.1, 0.15) is 0 Å². The molecule has 2 rings (SSSR count). The molecule has 0 aliphatic heterocycles. The second-order valence-corrected chi connectivity index (χ2v) is 8.12. The second-order valence-electron chi connectivity index (χ2n) is 3.03. The Morgan fingerprint density at radius 1 is 1.19 bits per heavy atom. The summed E-state index contributed by atoms with van der Waals surface area (Å²) in [6.45, 7) is 0. The lowest BCUT2D eigenvalue weighted by atomic mass is 10.1. The van der Waals surface area contributed by atoms with E-state index in [1.165, 1.54) is 22.7 Å². The van der Waals surface area contributed by atoms with Gasteiger partial charge in [-0.15, -0.1) is 22.7 Å². The van der Waals surface area contributed by atoms with Crippen LogP contribution in [-0.2, 0) is 0 Å². The average molecular weight is 378 g/mol. The van der Waals surface area contributed by atoms with E-state index in [2.05, 4.69) is 15.9 Å². The number of thiophene rings is 2. The first-order valence-electron chi connectivity index (χ1n) is 4.14. The van der Waals surface area contributed by atoms with Gasteiger partial charge in [0.25, 0.3) is 0 Å². The number of hydrogen-bond donors (Lipinski definition) is 1. The Kier molecular flexibility index (Phi) is 4.23. The van der Waals surface area contributed by atoms with E-state index in [1.54, 1.807) is 6.07 Å². The Hall–Kier alpha value is 0.710. The van der Waals surface area contributed by atoms with Crippen LogP contribution in [0.1, 0.15) is 16.5 Å². The van der Waals surface area contributed by atoms with Crippen LogP contribution >= 0.6 is 73.4 Å². The highest BCUT2D eigenvalue weighted by atomic mass is 79.9. The standard InChI is InChI=1S/C9H5BrCl3NS2/c10-8-4(11)2-5(15-8)7(14)3-1-6(12)16-9(3)13/h1-2,7H,14H2. The zero-order chi connectivity index (χ0) is 11.9. The molecule has 1 unspecified atom stereocenters. The summed E-state index contributed by atoms with van der Waals surface area (Å²) in [6.07, 6.45) is 0. The molecule has 0 saturated heterocycles. The van der Waals surface area contributed by atoms with Crippen molar-refractivity contribution >= 4 is 73.4 Å². The summed E-state index contributed by atoms with van der Waals surface area (Å²) in [5, 5.41) is 0.660. The Labute approximate surface area is 124 Å². The summed E-state index contributed by atoms with van der Waals surface area (Å²) < 4.78 is 2.13. The van der Waals surface area contributed by atoms with Gasteiger partial charge in [-0.05, 0) is 28.1 Å². The molecule has 0 spiro atoms. The zero-order valence-corrected chi connectivity index (χ0v) is 13.1. The van der Waals surface area contributed by atoms with Crippen LogP contribution in [0.4, 0.5) is 0 Å². The minimum Gasteiger partial charge on any atom is -0.320 e. The number of rotatable bonds is 2. The molecule has 2 aromatic heterocycles. The maximum absolute atomic E-state index is 6.11. The molecular weight excluding hydrogens is 373 g/mol. The molecule has 16 heavy (non-hydrogen) atoms. The summed E-state index contributed by atoms with van der Waals surface area (Å²) in [6, 6.07) is 3.34. The topological polar surface area (TPSA) is 26.0 Å². The second kappa shape index (κ2) is 5.14. The van der Waals surface area contributed by atoms with E-state index in [0.717, 1.165) is 14.2 Å². The van der Waals surface area contributed by atoms with E-state index in [0.29, 0.717) is 13.7 Å². The van der Waals surface area contributed by atoms with Crippen molar-refractivity contribution in [3.05, 3.63) is 40.1 Å². The molecule has 0 aromatic carbocycles. The van der Waals surface area contributed by atoms with Crippen LogP contribution < -0.4 is 5.73 Å². The first kappa shape index (κ1) is 13.1. The predicted octanol–water partition coefficient (Wildman–Crippen LogP) is 5.58. The lowest BCUT2D eigenvalue weighted by Crippen LogP contribution is -2.09. The molecule has 0 radical (unpaired) electrons. The maximum Gasteiger partial charge on any atom is 0.0995 e. The predicted molar refractivity (Wildman–Crippen MR) is 77.4 cm³/mol. The van der Waals surface area contributed by atoms with E-state index in [4.69, 9.17) is 40.5 Å². The fourth-order valence-electron chi connectivity index (χ4n) is 1.23. The van der Waals surface area contributed by atoms with Gasteiger partial charge in [0.05, 0.1) is 23.5 Å². The van der Waals surface area contributed by atoms with Gasteiger partial charge >= 0.3 is 0 Å². The fourth-order valence-corrected chi connectivity index (χ4v) is 4.55. The Morgan fingerprint density at radius 3 is 2.31 bits per heavy atom. The van der Waals surface area contributed by atoms with E-state index >= 15 is 0 Å². The minimum absolute atomic E-state index is 0.287. The van der Waals surface area contributed by atoms with Crippen molar-refractivity contribution in [1.29, 1.82) is 0 Å². The van der Waals surface area contributed by atoms with Gasteiger partial charge in [0.2, 0.25) is 0 Å². The molecule has 2 aromatic rings. The highest BCUT2D eigenvalue weighted by molar-refractivity contribution is 9.11. The average Bonchev–Trinajstić information content (AvgIpc) is 2.70. The third kappa shape index (κ3) is 2.58. The lowest BCUT2D eigenvalue weighted by Gasteiger charge is -2.07. The quantitative estimate of drug-likeness (QED) is 0.726. The minimum atomic E-state index is -0.287. The lowest BCUT2D eigenvalue weighted by molar-refractivity contribution is 0.900. The Bertz CT molecular complexity index is 503. The number of nitrogens with two attached hydrogens (primary N) is 1. The van der Waals surface area contributed by atoms with Gasteiger partial charge in [0.15, 0.2) is 0 Å². The molecule has 1 nitrogen and oxygen atoms in total. The van der Waals surface area contributed by atoms with Crippen LogP contribution in [0.15, 0.2) is 15.9 Å². The molecule has 7 heteroatoms. The third-order valence-electron chi connectivity index (χ3n) is 1.99. The van der Waals surface area contributed by atoms with Gasteiger partial charge < -0.3 is 5.73 Å². The SMILES string of the molecule is NC(c1cc(Cl)c(Br)s1)c1cc(Cl)sc1Cl. The zero-order valence-electron chi connectivity index (χ0n) is 7.64. The first-order chi connectivity index (χ1) is 7.49. The van der Waals surface area contributed by atoms with Gasteiger partial charge in [-0.1, -0.05) is 34.8 Å². The molecule has 0 saturated carbocycles. The molecule has 1 atom stereocenters. The number of halogens is 4.